The number of aryl methyl sites for hydroxylation is 1. The predicted octanol–water partition coefficient (Wildman–Crippen LogP) is 1.52. The standard InChI is InChI=1S/C11H11N3O2/c1-7-2-4-8(5-3-7)16-11(15)9-6-10(12)14-13-9/h2-6H,1H3,(H3,12,13,14). The highest BCUT2D eigenvalue weighted by molar-refractivity contribution is 5.89. The number of hydrogen-bond acceptors (Lipinski definition) is 4. The number of nitrogens with two attached hydrogens (primary N) is 1. The van der Waals surface area contributed by atoms with Gasteiger partial charge in [-0.15, -0.1) is 0 Å². The molecule has 82 valence electrons. The minimum atomic E-state index is -0.506. The van der Waals surface area contributed by atoms with Crippen LogP contribution >= 0.6 is 0 Å². The second-order valence-electron chi connectivity index (χ2n) is 3.41. The molecule has 0 aliphatic heterocycles. The van der Waals surface area contributed by atoms with Gasteiger partial charge < -0.3 is 10.5 Å². The first-order valence-electron chi connectivity index (χ1n) is 4.75. The molecule has 16 heavy (non-hydrogen) atoms. The lowest BCUT2D eigenvalue weighted by Crippen LogP contribution is -2.08. The molecule has 1 aromatic heterocycles. The van der Waals surface area contributed by atoms with Gasteiger partial charge in [0.05, 0.1) is 0 Å². The van der Waals surface area contributed by atoms with Crippen molar-refractivity contribution in [2.24, 2.45) is 0 Å². The van der Waals surface area contributed by atoms with E-state index in [1.54, 1.807) is 12.1 Å². The summed E-state index contributed by atoms with van der Waals surface area (Å²) in [5.74, 6) is 0.243. The van der Waals surface area contributed by atoms with Crippen molar-refractivity contribution in [3.63, 3.8) is 0 Å². The van der Waals surface area contributed by atoms with E-state index < -0.39 is 5.97 Å². The van der Waals surface area contributed by atoms with Crippen LogP contribution in [0.2, 0.25) is 0 Å². The fourth-order valence-corrected chi connectivity index (χ4v) is 1.21. The molecule has 0 saturated heterocycles. The van der Waals surface area contributed by atoms with Crippen molar-refractivity contribution in [2.75, 3.05) is 5.73 Å². The largest absolute Gasteiger partial charge is 0.422 e. The molecule has 0 saturated carbocycles. The van der Waals surface area contributed by atoms with Gasteiger partial charge in [0.15, 0.2) is 0 Å². The third-order valence-electron chi connectivity index (χ3n) is 2.05. The Kier molecular flexibility index (Phi) is 2.59. The van der Waals surface area contributed by atoms with E-state index in [0.29, 0.717) is 5.75 Å². The number of esters is 1. The van der Waals surface area contributed by atoms with Crippen LogP contribution in [0.15, 0.2) is 30.3 Å². The lowest BCUT2D eigenvalue weighted by atomic mass is 10.2. The second-order valence-corrected chi connectivity index (χ2v) is 3.41. The van der Waals surface area contributed by atoms with Crippen LogP contribution in [0.4, 0.5) is 5.82 Å². The van der Waals surface area contributed by atoms with Gasteiger partial charge in [0.25, 0.3) is 0 Å². The molecule has 0 aliphatic carbocycles. The number of hydrogen-bond donors (Lipinski definition) is 2. The number of nitrogen functional groups attached to an aromatic ring is 1. The van der Waals surface area contributed by atoms with Gasteiger partial charge >= 0.3 is 5.97 Å². The molecule has 0 aliphatic rings. The Morgan fingerprint density at radius 1 is 1.38 bits per heavy atom. The van der Waals surface area contributed by atoms with Crippen LogP contribution in [0.3, 0.4) is 0 Å². The van der Waals surface area contributed by atoms with Crippen LogP contribution in [0.1, 0.15) is 16.1 Å². The van der Waals surface area contributed by atoms with E-state index in [0.717, 1.165) is 5.56 Å². The number of aromatic amines is 1. The normalized spacial score (nSPS) is 10.1. The van der Waals surface area contributed by atoms with Crippen molar-refractivity contribution < 1.29 is 9.53 Å². The highest BCUT2D eigenvalue weighted by Gasteiger charge is 2.10. The summed E-state index contributed by atoms with van der Waals surface area (Å²) in [5.41, 5.74) is 6.72. The van der Waals surface area contributed by atoms with E-state index in [4.69, 9.17) is 10.5 Å². The average Bonchev–Trinajstić information content (AvgIpc) is 2.68. The van der Waals surface area contributed by atoms with Gasteiger partial charge in [-0.25, -0.2) is 4.79 Å². The predicted molar refractivity (Wildman–Crippen MR) is 59.1 cm³/mol. The van der Waals surface area contributed by atoms with Crippen LogP contribution in [0, 0.1) is 6.92 Å². The van der Waals surface area contributed by atoms with E-state index in [-0.39, 0.29) is 11.5 Å². The monoisotopic (exact) mass is 217 g/mol. The maximum absolute atomic E-state index is 11.6. The summed E-state index contributed by atoms with van der Waals surface area (Å²) in [6.07, 6.45) is 0. The van der Waals surface area contributed by atoms with Crippen molar-refractivity contribution in [3.05, 3.63) is 41.6 Å². The Labute approximate surface area is 92.2 Å². The number of ether oxygens (including phenoxy) is 1. The van der Waals surface area contributed by atoms with Crippen LogP contribution in [-0.2, 0) is 0 Å². The van der Waals surface area contributed by atoms with Crippen LogP contribution in [0.25, 0.3) is 0 Å². The minimum absolute atomic E-state index is 0.234. The molecule has 5 nitrogen and oxygen atoms in total. The Hall–Kier alpha value is -2.30. The molecule has 0 bridgehead atoms. The van der Waals surface area contributed by atoms with E-state index >= 15 is 0 Å². The third-order valence-corrected chi connectivity index (χ3v) is 2.05. The molecule has 1 heterocycles. The Morgan fingerprint density at radius 3 is 2.62 bits per heavy atom. The first kappa shape index (κ1) is 10.2. The first-order chi connectivity index (χ1) is 7.65. The topological polar surface area (TPSA) is 81.0 Å². The quantitative estimate of drug-likeness (QED) is 0.590. The number of carbonyl (C=O) groups is 1. The molecule has 2 aromatic rings. The summed E-state index contributed by atoms with van der Waals surface area (Å²) in [4.78, 5) is 11.6. The lowest BCUT2D eigenvalue weighted by molar-refractivity contribution is 0.0728. The van der Waals surface area contributed by atoms with Crippen molar-refractivity contribution in [2.45, 2.75) is 6.92 Å². The zero-order valence-electron chi connectivity index (χ0n) is 8.73. The fraction of sp³-hybridized carbons (Fsp3) is 0.0909. The molecule has 0 unspecified atom stereocenters. The van der Waals surface area contributed by atoms with E-state index in [2.05, 4.69) is 10.2 Å². The number of H-pyrrole nitrogens is 1. The Balaban J connectivity index is 2.10. The molecule has 0 spiro atoms. The Bertz CT molecular complexity index is 502. The van der Waals surface area contributed by atoms with Gasteiger partial charge in [-0.2, -0.15) is 5.10 Å². The maximum atomic E-state index is 11.6. The zero-order valence-corrected chi connectivity index (χ0v) is 8.73. The highest BCUT2D eigenvalue weighted by Crippen LogP contribution is 2.13. The summed E-state index contributed by atoms with van der Waals surface area (Å²) in [6.45, 7) is 1.96. The van der Waals surface area contributed by atoms with E-state index in [9.17, 15) is 4.79 Å². The molecule has 5 heteroatoms. The van der Waals surface area contributed by atoms with Gasteiger partial charge in [0.1, 0.15) is 17.3 Å². The van der Waals surface area contributed by atoms with E-state index in [1.165, 1.54) is 6.07 Å². The first-order valence-corrected chi connectivity index (χ1v) is 4.75. The SMILES string of the molecule is Cc1ccc(OC(=O)c2cc(N)n[nH]2)cc1. The summed E-state index contributed by atoms with van der Waals surface area (Å²) in [6, 6.07) is 8.62. The molecule has 0 atom stereocenters. The molecule has 2 rings (SSSR count). The fourth-order valence-electron chi connectivity index (χ4n) is 1.21. The van der Waals surface area contributed by atoms with Crippen molar-refractivity contribution in [3.8, 4) is 5.75 Å². The number of nitrogens with zero attached hydrogens (tertiary/aromatic N) is 1. The lowest BCUT2D eigenvalue weighted by Gasteiger charge is -2.02. The molecule has 0 radical (unpaired) electrons. The smallest absolute Gasteiger partial charge is 0.361 e. The summed E-state index contributed by atoms with van der Waals surface area (Å²) >= 11 is 0. The number of aromatic nitrogens is 2. The molecular weight excluding hydrogens is 206 g/mol. The van der Waals surface area contributed by atoms with E-state index in [1.807, 2.05) is 19.1 Å². The highest BCUT2D eigenvalue weighted by atomic mass is 16.5. The van der Waals surface area contributed by atoms with Crippen LogP contribution in [-0.4, -0.2) is 16.2 Å². The number of benzene rings is 1. The van der Waals surface area contributed by atoms with Gasteiger partial charge in [-0.3, -0.25) is 5.10 Å². The molecule has 0 amide bonds. The summed E-state index contributed by atoms with van der Waals surface area (Å²) in [7, 11) is 0. The molecule has 0 fully saturated rings. The molecule has 1 aromatic carbocycles. The van der Waals surface area contributed by atoms with Crippen molar-refractivity contribution in [1.29, 1.82) is 0 Å². The maximum Gasteiger partial charge on any atom is 0.361 e. The average molecular weight is 217 g/mol. The Morgan fingerprint density at radius 2 is 2.06 bits per heavy atom. The zero-order chi connectivity index (χ0) is 11.5. The summed E-state index contributed by atoms with van der Waals surface area (Å²) in [5, 5.41) is 6.13. The van der Waals surface area contributed by atoms with Gasteiger partial charge in [0.2, 0.25) is 0 Å². The van der Waals surface area contributed by atoms with Crippen molar-refractivity contribution in [1.82, 2.24) is 10.2 Å². The number of carbonyl (C=O) groups excluding carboxylic acids is 1. The molecule has 3 N–H and O–H groups in total. The van der Waals surface area contributed by atoms with Gasteiger partial charge in [-0.05, 0) is 19.1 Å². The molecular formula is C11H11N3O2. The van der Waals surface area contributed by atoms with Gasteiger partial charge in [-0.1, -0.05) is 17.7 Å². The third kappa shape index (κ3) is 2.20. The van der Waals surface area contributed by atoms with Gasteiger partial charge in [0, 0.05) is 6.07 Å². The number of anilines is 1. The van der Waals surface area contributed by atoms with Crippen LogP contribution < -0.4 is 10.5 Å². The number of rotatable bonds is 2. The summed E-state index contributed by atoms with van der Waals surface area (Å²) < 4.78 is 5.10. The minimum Gasteiger partial charge on any atom is -0.422 e. The second kappa shape index (κ2) is 4.06. The van der Waals surface area contributed by atoms with Crippen LogP contribution in [0.5, 0.6) is 5.75 Å². The van der Waals surface area contributed by atoms with Crippen molar-refractivity contribution >= 4 is 11.8 Å². The number of nitrogens with one attached hydrogen (secondary N) is 1.